The number of hydrogen-bond donors (Lipinski definition) is 2. The summed E-state index contributed by atoms with van der Waals surface area (Å²) in [4.78, 5) is 21.8. The molecule has 1 rings (SSSR count). The number of amides is 1. The highest BCUT2D eigenvalue weighted by Gasteiger charge is 2.12. The predicted octanol–water partition coefficient (Wildman–Crippen LogP) is 0.480. The number of halogens is 1. The molecule has 0 unspecified atom stereocenters. The number of nitrogens with zero attached hydrogens (tertiary/aromatic N) is 3. The van der Waals surface area contributed by atoms with Crippen LogP contribution in [0.4, 0.5) is 11.8 Å². The zero-order valence-electron chi connectivity index (χ0n) is 11.2. The maximum absolute atomic E-state index is 11.7. The average Bonchev–Trinajstić information content (AvgIpc) is 2.39. The SMILES string of the molecule is CNc1ncc(Br)c(N(C)CC(=O)NCCOC)n1. The van der Waals surface area contributed by atoms with E-state index in [2.05, 4.69) is 36.5 Å². The molecule has 0 aromatic carbocycles. The molecule has 0 fully saturated rings. The monoisotopic (exact) mass is 331 g/mol. The fraction of sp³-hybridized carbons (Fsp3) is 0.545. The minimum absolute atomic E-state index is 0.0870. The summed E-state index contributed by atoms with van der Waals surface area (Å²) in [5, 5.41) is 5.61. The lowest BCUT2D eigenvalue weighted by Crippen LogP contribution is -2.37. The van der Waals surface area contributed by atoms with Crippen molar-refractivity contribution >= 4 is 33.6 Å². The van der Waals surface area contributed by atoms with Gasteiger partial charge in [0.05, 0.1) is 17.6 Å². The van der Waals surface area contributed by atoms with Crippen LogP contribution < -0.4 is 15.5 Å². The van der Waals surface area contributed by atoms with Gasteiger partial charge in [0.1, 0.15) is 5.82 Å². The number of aromatic nitrogens is 2. The third-order valence-corrected chi connectivity index (χ3v) is 2.88. The lowest BCUT2D eigenvalue weighted by molar-refractivity contribution is -0.119. The predicted molar refractivity (Wildman–Crippen MR) is 77.4 cm³/mol. The first-order chi connectivity index (χ1) is 9.08. The molecular weight excluding hydrogens is 314 g/mol. The Kier molecular flexibility index (Phi) is 6.51. The number of ether oxygens (including phenoxy) is 1. The number of nitrogens with one attached hydrogen (secondary N) is 2. The van der Waals surface area contributed by atoms with E-state index in [4.69, 9.17) is 4.74 Å². The number of anilines is 2. The van der Waals surface area contributed by atoms with Gasteiger partial charge in [-0.05, 0) is 15.9 Å². The highest BCUT2D eigenvalue weighted by atomic mass is 79.9. The lowest BCUT2D eigenvalue weighted by atomic mass is 10.4. The van der Waals surface area contributed by atoms with E-state index < -0.39 is 0 Å². The molecule has 1 aromatic heterocycles. The van der Waals surface area contributed by atoms with Crippen molar-refractivity contribution in [3.63, 3.8) is 0 Å². The maximum Gasteiger partial charge on any atom is 0.239 e. The molecule has 1 heterocycles. The molecule has 2 N–H and O–H groups in total. The van der Waals surface area contributed by atoms with Crippen molar-refractivity contribution in [2.45, 2.75) is 0 Å². The quantitative estimate of drug-likeness (QED) is 0.707. The van der Waals surface area contributed by atoms with E-state index in [0.29, 0.717) is 24.9 Å². The summed E-state index contributed by atoms with van der Waals surface area (Å²) < 4.78 is 5.60. The molecule has 0 saturated heterocycles. The van der Waals surface area contributed by atoms with Crippen LogP contribution in [0, 0.1) is 0 Å². The molecule has 0 radical (unpaired) electrons. The molecule has 0 aliphatic heterocycles. The summed E-state index contributed by atoms with van der Waals surface area (Å²) in [6, 6.07) is 0. The molecule has 0 aliphatic carbocycles. The molecule has 0 bridgehead atoms. The molecule has 0 saturated carbocycles. The Bertz CT molecular complexity index is 430. The van der Waals surface area contributed by atoms with E-state index in [1.54, 1.807) is 32.3 Å². The highest BCUT2D eigenvalue weighted by Crippen LogP contribution is 2.22. The van der Waals surface area contributed by atoms with Crippen LogP contribution in [0.3, 0.4) is 0 Å². The number of carbonyl (C=O) groups is 1. The molecule has 7 nitrogen and oxygen atoms in total. The molecule has 1 amide bonds. The first-order valence-electron chi connectivity index (χ1n) is 5.75. The lowest BCUT2D eigenvalue weighted by Gasteiger charge is -2.19. The summed E-state index contributed by atoms with van der Waals surface area (Å²) in [6.45, 7) is 1.20. The van der Waals surface area contributed by atoms with Gasteiger partial charge < -0.3 is 20.3 Å². The van der Waals surface area contributed by atoms with Crippen molar-refractivity contribution in [2.24, 2.45) is 0 Å². The van der Waals surface area contributed by atoms with Crippen LogP contribution in [-0.2, 0) is 9.53 Å². The molecule has 0 atom stereocenters. The molecule has 19 heavy (non-hydrogen) atoms. The van der Waals surface area contributed by atoms with E-state index in [0.717, 1.165) is 4.47 Å². The summed E-state index contributed by atoms with van der Waals surface area (Å²) >= 11 is 3.37. The van der Waals surface area contributed by atoms with Crippen LogP contribution in [-0.4, -0.2) is 56.8 Å². The van der Waals surface area contributed by atoms with Crippen LogP contribution in [0.5, 0.6) is 0 Å². The number of carbonyl (C=O) groups excluding carboxylic acids is 1. The number of hydrogen-bond acceptors (Lipinski definition) is 6. The Morgan fingerprint density at radius 3 is 2.95 bits per heavy atom. The third kappa shape index (κ3) is 4.99. The fourth-order valence-electron chi connectivity index (χ4n) is 1.38. The largest absolute Gasteiger partial charge is 0.383 e. The van der Waals surface area contributed by atoms with Gasteiger partial charge in [-0.1, -0.05) is 0 Å². The van der Waals surface area contributed by atoms with Crippen molar-refractivity contribution < 1.29 is 9.53 Å². The molecule has 106 valence electrons. The second-order valence-electron chi connectivity index (χ2n) is 3.81. The Balaban J connectivity index is 2.61. The molecule has 1 aromatic rings. The van der Waals surface area contributed by atoms with Gasteiger partial charge in [0, 0.05) is 33.9 Å². The van der Waals surface area contributed by atoms with Crippen LogP contribution in [0.25, 0.3) is 0 Å². The van der Waals surface area contributed by atoms with Crippen molar-refractivity contribution in [1.29, 1.82) is 0 Å². The van der Waals surface area contributed by atoms with Crippen molar-refractivity contribution in [2.75, 3.05) is 51.1 Å². The number of likely N-dealkylation sites (N-methyl/N-ethyl adjacent to an activating group) is 1. The zero-order valence-corrected chi connectivity index (χ0v) is 12.8. The maximum atomic E-state index is 11.7. The zero-order chi connectivity index (χ0) is 14.3. The Hall–Kier alpha value is -1.41. The van der Waals surface area contributed by atoms with Gasteiger partial charge in [0.25, 0.3) is 0 Å². The molecule has 8 heteroatoms. The van der Waals surface area contributed by atoms with Crippen LogP contribution in [0.15, 0.2) is 10.7 Å². The van der Waals surface area contributed by atoms with Gasteiger partial charge in [-0.3, -0.25) is 4.79 Å². The Morgan fingerprint density at radius 2 is 2.32 bits per heavy atom. The minimum Gasteiger partial charge on any atom is -0.383 e. The van der Waals surface area contributed by atoms with Crippen LogP contribution >= 0.6 is 15.9 Å². The van der Waals surface area contributed by atoms with Gasteiger partial charge >= 0.3 is 0 Å². The Morgan fingerprint density at radius 1 is 1.58 bits per heavy atom. The van der Waals surface area contributed by atoms with E-state index in [1.807, 2.05) is 0 Å². The molecule has 0 aliphatic rings. The van der Waals surface area contributed by atoms with E-state index in [-0.39, 0.29) is 12.5 Å². The molecule has 0 spiro atoms. The van der Waals surface area contributed by atoms with E-state index >= 15 is 0 Å². The van der Waals surface area contributed by atoms with Gasteiger partial charge in [-0.25, -0.2) is 4.98 Å². The van der Waals surface area contributed by atoms with Crippen molar-refractivity contribution in [3.05, 3.63) is 10.7 Å². The summed E-state index contributed by atoms with van der Waals surface area (Å²) in [5.74, 6) is 1.07. The van der Waals surface area contributed by atoms with Gasteiger partial charge in [0.2, 0.25) is 11.9 Å². The third-order valence-electron chi connectivity index (χ3n) is 2.32. The van der Waals surface area contributed by atoms with Gasteiger partial charge in [0.15, 0.2) is 0 Å². The number of rotatable bonds is 7. The summed E-state index contributed by atoms with van der Waals surface area (Å²) in [5.41, 5.74) is 0. The Labute approximate surface area is 120 Å². The topological polar surface area (TPSA) is 79.4 Å². The average molecular weight is 332 g/mol. The standard InChI is InChI=1S/C11H18BrN5O2/c1-13-11-15-6-8(12)10(16-11)17(2)7-9(18)14-4-5-19-3/h6H,4-5,7H2,1-3H3,(H,14,18)(H,13,15,16). The fourth-order valence-corrected chi connectivity index (χ4v) is 1.88. The first kappa shape index (κ1) is 15.6. The van der Waals surface area contributed by atoms with Crippen LogP contribution in [0.1, 0.15) is 0 Å². The van der Waals surface area contributed by atoms with Gasteiger partial charge in [-0.2, -0.15) is 4.98 Å². The smallest absolute Gasteiger partial charge is 0.239 e. The molecular formula is C11H18BrN5O2. The van der Waals surface area contributed by atoms with Crippen molar-refractivity contribution in [3.8, 4) is 0 Å². The second-order valence-corrected chi connectivity index (χ2v) is 4.67. The van der Waals surface area contributed by atoms with Crippen LogP contribution in [0.2, 0.25) is 0 Å². The minimum atomic E-state index is -0.0870. The summed E-state index contributed by atoms with van der Waals surface area (Å²) in [6.07, 6.45) is 1.65. The van der Waals surface area contributed by atoms with E-state index in [1.165, 1.54) is 0 Å². The highest BCUT2D eigenvalue weighted by molar-refractivity contribution is 9.10. The summed E-state index contributed by atoms with van der Waals surface area (Å²) in [7, 11) is 5.13. The number of methoxy groups -OCH3 is 1. The van der Waals surface area contributed by atoms with Gasteiger partial charge in [-0.15, -0.1) is 0 Å². The normalized spacial score (nSPS) is 10.1. The second kappa shape index (κ2) is 7.90. The first-order valence-corrected chi connectivity index (χ1v) is 6.54. The van der Waals surface area contributed by atoms with Crippen molar-refractivity contribution in [1.82, 2.24) is 15.3 Å². The van der Waals surface area contributed by atoms with E-state index in [9.17, 15) is 4.79 Å².